The molecule has 0 radical (unpaired) electrons. The summed E-state index contributed by atoms with van der Waals surface area (Å²) in [6.45, 7) is 3.83. The molecule has 0 spiro atoms. The number of fused-ring (bicyclic) bond motifs is 1. The van der Waals surface area contributed by atoms with E-state index in [1.165, 1.54) is 0 Å². The number of nitrogens with zero attached hydrogens (tertiary/aromatic N) is 1. The molecule has 23 heavy (non-hydrogen) atoms. The Morgan fingerprint density at radius 1 is 1.48 bits per heavy atom. The van der Waals surface area contributed by atoms with Crippen LogP contribution in [0, 0.1) is 0 Å². The van der Waals surface area contributed by atoms with Crippen molar-refractivity contribution in [1.82, 2.24) is 10.2 Å². The molecule has 6 heteroatoms. The number of carbonyl (C=O) groups excluding carboxylic acids is 2. The van der Waals surface area contributed by atoms with Crippen LogP contribution in [0.2, 0.25) is 0 Å². The van der Waals surface area contributed by atoms with Gasteiger partial charge in [-0.15, -0.1) is 0 Å². The van der Waals surface area contributed by atoms with E-state index in [9.17, 15) is 9.59 Å². The van der Waals surface area contributed by atoms with Gasteiger partial charge in [-0.1, -0.05) is 12.1 Å². The predicted octanol–water partition coefficient (Wildman–Crippen LogP) is 1.33. The fourth-order valence-electron chi connectivity index (χ4n) is 2.69. The van der Waals surface area contributed by atoms with Crippen LogP contribution in [-0.4, -0.2) is 50.6 Å². The molecule has 0 saturated heterocycles. The average Bonchev–Trinajstić information content (AvgIpc) is 2.86. The van der Waals surface area contributed by atoms with Crippen molar-refractivity contribution in [2.75, 3.05) is 39.2 Å². The standard InChI is InChI=1S/C17H25N3O3/c1-12(18-17(22)11-20(2)7-4-8-23-3)13-5-6-15-14(9-13)10-16(21)19-15/h5-6,9,12H,4,7-8,10-11H2,1-3H3,(H,18,22)(H,19,21). The second-order valence-corrected chi connectivity index (χ2v) is 6.01. The van der Waals surface area contributed by atoms with Crippen molar-refractivity contribution in [3.8, 4) is 0 Å². The monoisotopic (exact) mass is 319 g/mol. The number of benzene rings is 1. The molecular formula is C17H25N3O3. The molecule has 1 aromatic carbocycles. The Bertz CT molecular complexity index is 574. The van der Waals surface area contributed by atoms with Gasteiger partial charge in [-0.05, 0) is 37.6 Å². The van der Waals surface area contributed by atoms with Crippen LogP contribution < -0.4 is 10.6 Å². The maximum absolute atomic E-state index is 12.1. The molecule has 1 aliphatic rings. The van der Waals surface area contributed by atoms with E-state index >= 15 is 0 Å². The van der Waals surface area contributed by atoms with Gasteiger partial charge in [0, 0.05) is 25.9 Å². The predicted molar refractivity (Wildman–Crippen MR) is 89.3 cm³/mol. The molecule has 1 heterocycles. The fraction of sp³-hybridized carbons (Fsp3) is 0.529. The first-order valence-corrected chi connectivity index (χ1v) is 7.89. The number of carbonyl (C=O) groups is 2. The van der Waals surface area contributed by atoms with Gasteiger partial charge in [0.05, 0.1) is 19.0 Å². The van der Waals surface area contributed by atoms with Crippen molar-refractivity contribution in [2.45, 2.75) is 25.8 Å². The summed E-state index contributed by atoms with van der Waals surface area (Å²) in [4.78, 5) is 25.5. The minimum Gasteiger partial charge on any atom is -0.385 e. The fourth-order valence-corrected chi connectivity index (χ4v) is 2.69. The van der Waals surface area contributed by atoms with E-state index in [0.29, 0.717) is 19.6 Å². The number of hydrogen-bond donors (Lipinski definition) is 2. The van der Waals surface area contributed by atoms with Crippen LogP contribution in [-0.2, 0) is 20.7 Å². The molecule has 0 bridgehead atoms. The van der Waals surface area contributed by atoms with E-state index in [4.69, 9.17) is 4.74 Å². The molecule has 0 aliphatic carbocycles. The second-order valence-electron chi connectivity index (χ2n) is 6.01. The Hall–Kier alpha value is -1.92. The summed E-state index contributed by atoms with van der Waals surface area (Å²) in [6, 6.07) is 5.74. The molecule has 2 rings (SSSR count). The van der Waals surface area contributed by atoms with E-state index in [2.05, 4.69) is 10.6 Å². The zero-order chi connectivity index (χ0) is 16.8. The molecule has 126 valence electrons. The van der Waals surface area contributed by atoms with Crippen molar-refractivity contribution < 1.29 is 14.3 Å². The van der Waals surface area contributed by atoms with Gasteiger partial charge in [-0.25, -0.2) is 0 Å². The average molecular weight is 319 g/mol. The van der Waals surface area contributed by atoms with Gasteiger partial charge < -0.3 is 15.4 Å². The van der Waals surface area contributed by atoms with Crippen LogP contribution in [0.15, 0.2) is 18.2 Å². The lowest BCUT2D eigenvalue weighted by molar-refractivity contribution is -0.122. The van der Waals surface area contributed by atoms with Gasteiger partial charge in [-0.3, -0.25) is 14.5 Å². The van der Waals surface area contributed by atoms with Crippen LogP contribution in [0.4, 0.5) is 5.69 Å². The Labute approximate surface area is 137 Å². The van der Waals surface area contributed by atoms with E-state index < -0.39 is 0 Å². The SMILES string of the molecule is COCCCN(C)CC(=O)NC(C)c1ccc2c(c1)CC(=O)N2. The highest BCUT2D eigenvalue weighted by Crippen LogP contribution is 2.26. The lowest BCUT2D eigenvalue weighted by Crippen LogP contribution is -2.37. The summed E-state index contributed by atoms with van der Waals surface area (Å²) in [5.41, 5.74) is 2.87. The van der Waals surface area contributed by atoms with Gasteiger partial charge in [0.2, 0.25) is 11.8 Å². The number of likely N-dealkylation sites (N-methyl/N-ethyl adjacent to an activating group) is 1. The molecule has 1 aromatic rings. The third-order valence-corrected chi connectivity index (χ3v) is 3.93. The summed E-state index contributed by atoms with van der Waals surface area (Å²) in [7, 11) is 3.60. The molecular weight excluding hydrogens is 294 g/mol. The number of hydrogen-bond acceptors (Lipinski definition) is 4. The quantitative estimate of drug-likeness (QED) is 0.709. The first-order valence-electron chi connectivity index (χ1n) is 7.89. The largest absolute Gasteiger partial charge is 0.385 e. The van der Waals surface area contributed by atoms with Gasteiger partial charge in [0.25, 0.3) is 0 Å². The summed E-state index contributed by atoms with van der Waals surface area (Å²) < 4.78 is 5.01. The summed E-state index contributed by atoms with van der Waals surface area (Å²) in [5.74, 6) is 0.0126. The Kier molecular flexibility index (Phi) is 6.12. The Morgan fingerprint density at radius 3 is 3.00 bits per heavy atom. The van der Waals surface area contributed by atoms with Crippen LogP contribution in [0.3, 0.4) is 0 Å². The highest BCUT2D eigenvalue weighted by atomic mass is 16.5. The molecule has 1 unspecified atom stereocenters. The lowest BCUT2D eigenvalue weighted by Gasteiger charge is -2.19. The topological polar surface area (TPSA) is 70.7 Å². The lowest BCUT2D eigenvalue weighted by atomic mass is 10.0. The zero-order valence-electron chi connectivity index (χ0n) is 14.0. The molecule has 6 nitrogen and oxygen atoms in total. The minimum atomic E-state index is -0.0872. The Morgan fingerprint density at radius 2 is 2.26 bits per heavy atom. The summed E-state index contributed by atoms with van der Waals surface area (Å²) >= 11 is 0. The number of ether oxygens (including phenoxy) is 1. The number of nitrogens with one attached hydrogen (secondary N) is 2. The van der Waals surface area contributed by atoms with Crippen LogP contribution in [0.25, 0.3) is 0 Å². The molecule has 0 fully saturated rings. The minimum absolute atomic E-state index is 0.00730. The van der Waals surface area contributed by atoms with Crippen LogP contribution in [0.1, 0.15) is 30.5 Å². The van der Waals surface area contributed by atoms with Crippen molar-refractivity contribution in [3.63, 3.8) is 0 Å². The van der Waals surface area contributed by atoms with Crippen LogP contribution >= 0.6 is 0 Å². The molecule has 0 saturated carbocycles. The van der Waals surface area contributed by atoms with Crippen molar-refractivity contribution in [1.29, 1.82) is 0 Å². The molecule has 2 amide bonds. The summed E-state index contributed by atoms with van der Waals surface area (Å²) in [5, 5.41) is 5.81. The number of anilines is 1. The van der Waals surface area contributed by atoms with Gasteiger partial charge in [0.1, 0.15) is 0 Å². The zero-order valence-corrected chi connectivity index (χ0v) is 14.0. The summed E-state index contributed by atoms with van der Waals surface area (Å²) in [6.07, 6.45) is 1.31. The smallest absolute Gasteiger partial charge is 0.234 e. The van der Waals surface area contributed by atoms with Gasteiger partial charge in [-0.2, -0.15) is 0 Å². The molecule has 2 N–H and O–H groups in total. The number of methoxy groups -OCH3 is 1. The van der Waals surface area contributed by atoms with Gasteiger partial charge >= 0.3 is 0 Å². The van der Waals surface area contributed by atoms with E-state index in [0.717, 1.165) is 29.8 Å². The molecule has 1 atom stereocenters. The highest BCUT2D eigenvalue weighted by Gasteiger charge is 2.19. The van der Waals surface area contributed by atoms with E-state index in [1.54, 1.807) is 7.11 Å². The van der Waals surface area contributed by atoms with Crippen molar-refractivity contribution >= 4 is 17.5 Å². The first kappa shape index (κ1) is 17.4. The third-order valence-electron chi connectivity index (χ3n) is 3.93. The first-order chi connectivity index (χ1) is 11.0. The Balaban J connectivity index is 1.84. The normalized spacial score (nSPS) is 14.5. The second kappa shape index (κ2) is 8.08. The molecule has 1 aliphatic heterocycles. The maximum atomic E-state index is 12.1. The number of amides is 2. The van der Waals surface area contributed by atoms with E-state index in [-0.39, 0.29) is 17.9 Å². The maximum Gasteiger partial charge on any atom is 0.234 e. The van der Waals surface area contributed by atoms with Gasteiger partial charge in [0.15, 0.2) is 0 Å². The van der Waals surface area contributed by atoms with Crippen LogP contribution in [0.5, 0.6) is 0 Å². The third kappa shape index (κ3) is 5.04. The van der Waals surface area contributed by atoms with Crippen molar-refractivity contribution in [2.24, 2.45) is 0 Å². The highest BCUT2D eigenvalue weighted by molar-refractivity contribution is 5.99. The number of rotatable bonds is 8. The van der Waals surface area contributed by atoms with Crippen molar-refractivity contribution in [3.05, 3.63) is 29.3 Å². The van der Waals surface area contributed by atoms with E-state index in [1.807, 2.05) is 37.1 Å². The molecule has 0 aromatic heterocycles.